The van der Waals surface area contributed by atoms with Gasteiger partial charge in [-0.3, -0.25) is 0 Å². The van der Waals surface area contributed by atoms with E-state index in [0.717, 1.165) is 38.1 Å². The monoisotopic (exact) mass is 322 g/mol. The molecule has 0 aromatic carbocycles. The third kappa shape index (κ3) is 3.84. The topological polar surface area (TPSA) is 41.6 Å². The van der Waals surface area contributed by atoms with Crippen LogP contribution in [0.1, 0.15) is 79.1 Å². The van der Waals surface area contributed by atoms with E-state index >= 15 is 0 Å². The van der Waals surface area contributed by atoms with Crippen LogP contribution in [0.5, 0.6) is 0 Å². The van der Waals surface area contributed by atoms with Crippen molar-refractivity contribution in [1.82, 2.24) is 10.2 Å². The van der Waals surface area contributed by atoms with Crippen LogP contribution in [0.2, 0.25) is 0 Å². The Morgan fingerprint density at radius 2 is 1.91 bits per heavy atom. The summed E-state index contributed by atoms with van der Waals surface area (Å²) in [6.45, 7) is 9.06. The van der Waals surface area contributed by atoms with E-state index in [2.05, 4.69) is 17.1 Å². The quantitative estimate of drug-likeness (QED) is 0.832. The molecule has 1 spiro atoms. The van der Waals surface area contributed by atoms with Crippen LogP contribution >= 0.6 is 0 Å². The number of rotatable bonds is 2. The number of hydrogen-bond donors (Lipinski definition) is 1. The van der Waals surface area contributed by atoms with Crippen LogP contribution in [0.15, 0.2) is 0 Å². The molecule has 4 heteroatoms. The van der Waals surface area contributed by atoms with Crippen LogP contribution < -0.4 is 5.32 Å². The molecule has 132 valence electrons. The molecule has 23 heavy (non-hydrogen) atoms. The van der Waals surface area contributed by atoms with Crippen LogP contribution in [0.4, 0.5) is 4.79 Å². The molecule has 0 aromatic heterocycles. The van der Waals surface area contributed by atoms with Gasteiger partial charge in [-0.05, 0) is 78.1 Å². The first-order chi connectivity index (χ1) is 10.8. The number of carbonyl (C=O) groups excluding carboxylic acids is 1. The maximum absolute atomic E-state index is 12.6. The van der Waals surface area contributed by atoms with E-state index in [4.69, 9.17) is 4.74 Å². The molecule has 4 nitrogen and oxygen atoms in total. The van der Waals surface area contributed by atoms with E-state index < -0.39 is 5.60 Å². The molecule has 3 aliphatic rings. The van der Waals surface area contributed by atoms with Gasteiger partial charge in [0.2, 0.25) is 0 Å². The summed E-state index contributed by atoms with van der Waals surface area (Å²) in [5.41, 5.74) is -0.334. The highest BCUT2D eigenvalue weighted by atomic mass is 16.6. The molecule has 0 aromatic rings. The number of nitrogens with zero attached hydrogens (tertiary/aromatic N) is 1. The second-order valence-corrected chi connectivity index (χ2v) is 9.18. The number of amides is 1. The lowest BCUT2D eigenvalue weighted by Gasteiger charge is -2.55. The molecular formula is C19H34N2O2. The van der Waals surface area contributed by atoms with Crippen molar-refractivity contribution in [3.63, 3.8) is 0 Å². The molecule has 3 rings (SSSR count). The van der Waals surface area contributed by atoms with Crippen molar-refractivity contribution in [2.75, 3.05) is 6.54 Å². The molecular weight excluding hydrogens is 288 g/mol. The normalized spacial score (nSPS) is 33.6. The van der Waals surface area contributed by atoms with Crippen molar-refractivity contribution in [2.24, 2.45) is 5.92 Å². The summed E-state index contributed by atoms with van der Waals surface area (Å²) in [4.78, 5) is 14.7. The third-order valence-electron chi connectivity index (χ3n) is 5.96. The van der Waals surface area contributed by atoms with E-state index in [1.165, 1.54) is 25.7 Å². The van der Waals surface area contributed by atoms with Gasteiger partial charge in [0, 0.05) is 24.2 Å². The Hall–Kier alpha value is -0.770. The molecule has 0 bridgehead atoms. The summed E-state index contributed by atoms with van der Waals surface area (Å²) in [6.07, 6.45) is 9.59. The zero-order chi connectivity index (χ0) is 16.7. The number of likely N-dealkylation sites (tertiary alicyclic amines) is 1. The molecule has 1 saturated heterocycles. The van der Waals surface area contributed by atoms with Gasteiger partial charge in [-0.25, -0.2) is 4.79 Å². The average molecular weight is 322 g/mol. The van der Waals surface area contributed by atoms with Crippen LogP contribution in [-0.4, -0.2) is 40.8 Å². The van der Waals surface area contributed by atoms with E-state index in [1.807, 2.05) is 20.8 Å². The third-order valence-corrected chi connectivity index (χ3v) is 5.96. The fourth-order valence-corrected chi connectivity index (χ4v) is 4.69. The van der Waals surface area contributed by atoms with E-state index in [9.17, 15) is 4.79 Å². The second-order valence-electron chi connectivity index (χ2n) is 9.18. The van der Waals surface area contributed by atoms with Crippen LogP contribution in [-0.2, 0) is 4.74 Å². The summed E-state index contributed by atoms with van der Waals surface area (Å²) in [5, 5.41) is 3.90. The van der Waals surface area contributed by atoms with Crippen molar-refractivity contribution in [1.29, 1.82) is 0 Å². The molecule has 1 aliphatic heterocycles. The fraction of sp³-hybridized carbons (Fsp3) is 0.947. The van der Waals surface area contributed by atoms with Crippen LogP contribution in [0, 0.1) is 5.92 Å². The Morgan fingerprint density at radius 3 is 2.43 bits per heavy atom. The standard InChI is InChI=1S/C19H34N2O2/c1-14-6-7-15(12-14)20-16-8-11-21(17(22)23-18(2,3)4)19(13-16)9-5-10-19/h14-16,20H,5-13H2,1-4H3. The molecule has 3 atom stereocenters. The van der Waals surface area contributed by atoms with E-state index in [0.29, 0.717) is 12.1 Å². The van der Waals surface area contributed by atoms with Crippen molar-refractivity contribution < 1.29 is 9.53 Å². The number of carbonyl (C=O) groups is 1. The number of hydrogen-bond acceptors (Lipinski definition) is 3. The summed E-state index contributed by atoms with van der Waals surface area (Å²) >= 11 is 0. The van der Waals surface area contributed by atoms with Crippen molar-refractivity contribution in [3.8, 4) is 0 Å². The molecule has 1 heterocycles. The molecule has 2 aliphatic carbocycles. The highest BCUT2D eigenvalue weighted by Crippen LogP contribution is 2.45. The first kappa shape index (κ1) is 17.1. The summed E-state index contributed by atoms with van der Waals surface area (Å²) in [7, 11) is 0. The Bertz CT molecular complexity index is 439. The lowest BCUT2D eigenvalue weighted by atomic mass is 9.69. The van der Waals surface area contributed by atoms with Crippen molar-refractivity contribution >= 4 is 6.09 Å². The highest BCUT2D eigenvalue weighted by Gasteiger charge is 2.50. The van der Waals surface area contributed by atoms with Crippen molar-refractivity contribution in [2.45, 2.75) is 102 Å². The molecule has 2 saturated carbocycles. The maximum atomic E-state index is 12.6. The van der Waals surface area contributed by atoms with Gasteiger partial charge in [0.25, 0.3) is 0 Å². The van der Waals surface area contributed by atoms with Gasteiger partial charge in [0.05, 0.1) is 0 Å². The lowest BCUT2D eigenvalue weighted by Crippen LogP contribution is -2.64. The van der Waals surface area contributed by atoms with Gasteiger partial charge >= 0.3 is 6.09 Å². The number of ether oxygens (including phenoxy) is 1. The minimum Gasteiger partial charge on any atom is -0.444 e. The Balaban J connectivity index is 1.60. The number of nitrogens with one attached hydrogen (secondary N) is 1. The van der Waals surface area contributed by atoms with Gasteiger partial charge in [0.1, 0.15) is 5.60 Å². The molecule has 3 fully saturated rings. The van der Waals surface area contributed by atoms with Crippen molar-refractivity contribution in [3.05, 3.63) is 0 Å². The lowest BCUT2D eigenvalue weighted by molar-refractivity contribution is -0.0500. The Kier molecular flexibility index (Phi) is 4.65. The Labute approximate surface area is 141 Å². The van der Waals surface area contributed by atoms with Gasteiger partial charge < -0.3 is 15.0 Å². The molecule has 0 radical (unpaired) electrons. The molecule has 3 unspecified atom stereocenters. The summed E-state index contributed by atoms with van der Waals surface area (Å²) in [6, 6.07) is 1.27. The van der Waals surface area contributed by atoms with Crippen LogP contribution in [0.3, 0.4) is 0 Å². The SMILES string of the molecule is CC1CCC(NC2CCN(C(=O)OC(C)(C)C)C3(CCC3)C2)C1. The predicted octanol–water partition coefficient (Wildman–Crippen LogP) is 4.09. The minimum absolute atomic E-state index is 0.0719. The minimum atomic E-state index is -0.406. The summed E-state index contributed by atoms with van der Waals surface area (Å²) < 4.78 is 5.66. The first-order valence-electron chi connectivity index (χ1n) is 9.54. The Morgan fingerprint density at radius 1 is 1.17 bits per heavy atom. The molecule has 1 amide bonds. The van der Waals surface area contributed by atoms with Crippen LogP contribution in [0.25, 0.3) is 0 Å². The largest absolute Gasteiger partial charge is 0.444 e. The van der Waals surface area contributed by atoms with E-state index in [1.54, 1.807) is 0 Å². The first-order valence-corrected chi connectivity index (χ1v) is 9.54. The zero-order valence-corrected chi connectivity index (χ0v) is 15.4. The zero-order valence-electron chi connectivity index (χ0n) is 15.4. The summed E-state index contributed by atoms with van der Waals surface area (Å²) in [5.74, 6) is 0.868. The second kappa shape index (κ2) is 6.27. The fourth-order valence-electron chi connectivity index (χ4n) is 4.69. The van der Waals surface area contributed by atoms with Gasteiger partial charge in [-0.2, -0.15) is 0 Å². The highest BCUT2D eigenvalue weighted by molar-refractivity contribution is 5.69. The van der Waals surface area contributed by atoms with E-state index in [-0.39, 0.29) is 11.6 Å². The van der Waals surface area contributed by atoms with Gasteiger partial charge in [0.15, 0.2) is 0 Å². The maximum Gasteiger partial charge on any atom is 0.410 e. The predicted molar refractivity (Wildman–Crippen MR) is 92.5 cm³/mol. The smallest absolute Gasteiger partial charge is 0.410 e. The average Bonchev–Trinajstić information content (AvgIpc) is 2.80. The molecule has 1 N–H and O–H groups in total. The van der Waals surface area contributed by atoms with Gasteiger partial charge in [-0.1, -0.05) is 6.92 Å². The number of piperidine rings is 1. The van der Waals surface area contributed by atoms with Gasteiger partial charge in [-0.15, -0.1) is 0 Å².